The monoisotopic (exact) mass is 817 g/mol. The lowest BCUT2D eigenvalue weighted by molar-refractivity contribution is -0.134. The van der Waals surface area contributed by atoms with Gasteiger partial charge in [-0.15, -0.1) is 0 Å². The standard InChI is InChI=1S/C44H72N4O8S/c1-5-7-8-9-10-11-12-13-14-15-16-17-18-19-42(54)47-36(28-29-57-4)39(51)25-27-43(55)48-37(30-33-20-23-35(49)24-21-33)40(52)31-34(22-26-41(45)53)44(56)46-32(3)38(50)6-2/h20-21,23-24,32,34,36-37,49H,5-19,22,25-31H2,1-4H3,(H2,45,53)(H,46,56)(H,47,54)(H,48,55)/t32-,34+,36-,37-/m0/s1. The van der Waals surface area contributed by atoms with Crippen LogP contribution in [0.4, 0.5) is 0 Å². The molecule has 0 aliphatic carbocycles. The summed E-state index contributed by atoms with van der Waals surface area (Å²) in [5.74, 6) is -3.21. The molecule has 0 heterocycles. The Kier molecular flexibility index (Phi) is 28.1. The number of phenolic OH excluding ortho intramolecular Hbond substituents is 1. The van der Waals surface area contributed by atoms with Gasteiger partial charge in [0.2, 0.25) is 23.6 Å². The number of nitrogens with two attached hydrogens (primary N) is 1. The summed E-state index contributed by atoms with van der Waals surface area (Å²) >= 11 is 1.56. The molecule has 0 bridgehead atoms. The van der Waals surface area contributed by atoms with Crippen molar-refractivity contribution in [1.82, 2.24) is 16.0 Å². The average Bonchev–Trinajstić information content (AvgIpc) is 3.18. The minimum atomic E-state index is -1.09. The van der Waals surface area contributed by atoms with E-state index in [0.717, 1.165) is 19.3 Å². The van der Waals surface area contributed by atoms with Crippen molar-refractivity contribution in [2.45, 2.75) is 180 Å². The van der Waals surface area contributed by atoms with Crippen LogP contribution in [0.25, 0.3) is 0 Å². The number of carbonyl (C=O) groups excluding carboxylic acids is 7. The second-order valence-electron chi connectivity index (χ2n) is 15.3. The molecule has 57 heavy (non-hydrogen) atoms. The number of Topliss-reactive ketones (excluding diaryl/α,β-unsaturated/α-hetero) is 3. The van der Waals surface area contributed by atoms with Crippen molar-refractivity contribution in [1.29, 1.82) is 0 Å². The second kappa shape index (κ2) is 31.3. The summed E-state index contributed by atoms with van der Waals surface area (Å²) < 4.78 is 0. The number of phenols is 1. The van der Waals surface area contributed by atoms with Gasteiger partial charge < -0.3 is 26.8 Å². The molecule has 6 N–H and O–H groups in total. The Labute approximate surface area is 345 Å². The topological polar surface area (TPSA) is 202 Å². The highest BCUT2D eigenvalue weighted by molar-refractivity contribution is 7.98. The van der Waals surface area contributed by atoms with Crippen LogP contribution in [-0.2, 0) is 40.0 Å². The number of primary amides is 1. The number of nitrogens with one attached hydrogen (secondary N) is 3. The molecular formula is C44H72N4O8S. The Morgan fingerprint density at radius 2 is 1.19 bits per heavy atom. The van der Waals surface area contributed by atoms with Gasteiger partial charge in [0, 0.05) is 44.4 Å². The van der Waals surface area contributed by atoms with Crippen LogP contribution in [0.3, 0.4) is 0 Å². The summed E-state index contributed by atoms with van der Waals surface area (Å²) in [5, 5.41) is 18.0. The minimum Gasteiger partial charge on any atom is -0.508 e. The molecule has 322 valence electrons. The van der Waals surface area contributed by atoms with Gasteiger partial charge in [-0.1, -0.05) is 103 Å². The van der Waals surface area contributed by atoms with Gasteiger partial charge in [0.05, 0.1) is 18.1 Å². The molecule has 0 aliphatic rings. The first-order valence-electron chi connectivity index (χ1n) is 21.3. The Morgan fingerprint density at radius 3 is 1.74 bits per heavy atom. The van der Waals surface area contributed by atoms with Gasteiger partial charge in [-0.05, 0) is 62.3 Å². The van der Waals surface area contributed by atoms with E-state index in [0.29, 0.717) is 24.2 Å². The zero-order chi connectivity index (χ0) is 42.4. The first kappa shape index (κ1) is 51.3. The Hall–Kier alpha value is -3.74. The molecule has 0 aromatic heterocycles. The maximum absolute atomic E-state index is 13.8. The molecular weight excluding hydrogens is 745 g/mol. The lowest BCUT2D eigenvalue weighted by Crippen LogP contribution is -2.46. The Bertz CT molecular complexity index is 1370. The maximum atomic E-state index is 13.8. The molecule has 0 aliphatic heterocycles. The average molecular weight is 817 g/mol. The van der Waals surface area contributed by atoms with Crippen molar-refractivity contribution < 1.29 is 38.7 Å². The zero-order valence-electron chi connectivity index (χ0n) is 35.2. The molecule has 0 radical (unpaired) electrons. The van der Waals surface area contributed by atoms with E-state index in [1.165, 1.54) is 76.3 Å². The Morgan fingerprint density at radius 1 is 0.649 bits per heavy atom. The molecule has 0 saturated heterocycles. The molecule has 1 rings (SSSR count). The van der Waals surface area contributed by atoms with E-state index in [1.54, 1.807) is 37.7 Å². The number of carbonyl (C=O) groups is 7. The quantitative estimate of drug-likeness (QED) is 0.0456. The molecule has 4 amide bonds. The van der Waals surface area contributed by atoms with Gasteiger partial charge in [-0.25, -0.2) is 0 Å². The van der Waals surface area contributed by atoms with Crippen molar-refractivity contribution in [3.63, 3.8) is 0 Å². The van der Waals surface area contributed by atoms with Crippen LogP contribution in [-0.4, -0.2) is 76.2 Å². The number of rotatable bonds is 35. The lowest BCUT2D eigenvalue weighted by Gasteiger charge is -2.23. The van der Waals surface area contributed by atoms with E-state index in [2.05, 4.69) is 22.9 Å². The zero-order valence-corrected chi connectivity index (χ0v) is 36.0. The summed E-state index contributed by atoms with van der Waals surface area (Å²) in [6, 6.07) is 3.52. The van der Waals surface area contributed by atoms with E-state index in [1.807, 2.05) is 6.26 Å². The number of unbranched alkanes of at least 4 members (excludes halogenated alkanes) is 12. The van der Waals surface area contributed by atoms with Gasteiger partial charge in [-0.3, -0.25) is 33.6 Å². The molecule has 1 aromatic rings. The molecule has 0 fully saturated rings. The fraction of sp³-hybridized carbons (Fsp3) is 0.705. The number of benzene rings is 1. The molecule has 0 spiro atoms. The summed E-state index contributed by atoms with van der Waals surface area (Å²) in [4.78, 5) is 90.1. The Balaban J connectivity index is 2.78. The van der Waals surface area contributed by atoms with Crippen LogP contribution in [0.2, 0.25) is 0 Å². The van der Waals surface area contributed by atoms with Gasteiger partial charge in [0.1, 0.15) is 5.75 Å². The number of aromatic hydroxyl groups is 1. The van der Waals surface area contributed by atoms with E-state index in [4.69, 9.17) is 5.73 Å². The number of thioether (sulfide) groups is 1. The van der Waals surface area contributed by atoms with E-state index in [9.17, 15) is 38.7 Å². The van der Waals surface area contributed by atoms with Crippen molar-refractivity contribution in [3.05, 3.63) is 29.8 Å². The molecule has 0 unspecified atom stereocenters. The van der Waals surface area contributed by atoms with E-state index >= 15 is 0 Å². The van der Waals surface area contributed by atoms with Gasteiger partial charge in [0.15, 0.2) is 17.3 Å². The molecule has 4 atom stereocenters. The smallest absolute Gasteiger partial charge is 0.224 e. The van der Waals surface area contributed by atoms with Crippen LogP contribution in [0.15, 0.2) is 24.3 Å². The summed E-state index contributed by atoms with van der Waals surface area (Å²) in [6.07, 6.45) is 17.8. The predicted molar refractivity (Wildman–Crippen MR) is 228 cm³/mol. The van der Waals surface area contributed by atoms with Gasteiger partial charge >= 0.3 is 0 Å². The summed E-state index contributed by atoms with van der Waals surface area (Å²) in [7, 11) is 0. The third kappa shape index (κ3) is 24.6. The molecule has 1 aromatic carbocycles. The summed E-state index contributed by atoms with van der Waals surface area (Å²) in [5.41, 5.74) is 5.97. The van der Waals surface area contributed by atoms with Crippen molar-refractivity contribution in [3.8, 4) is 5.75 Å². The minimum absolute atomic E-state index is 0.0237. The molecule has 13 heteroatoms. The predicted octanol–water partition coefficient (Wildman–Crippen LogP) is 6.81. The summed E-state index contributed by atoms with van der Waals surface area (Å²) in [6.45, 7) is 5.45. The number of ketones is 3. The second-order valence-corrected chi connectivity index (χ2v) is 16.3. The SMILES string of the molecule is CCCCCCCCCCCCCCCC(=O)N[C@@H](CCSC)C(=O)CCC(=O)N[C@@H](Cc1ccc(O)cc1)C(=O)C[C@@H](CCC(N)=O)C(=O)N[C@@H](C)C(=O)CC. The van der Waals surface area contributed by atoms with Crippen LogP contribution in [0, 0.1) is 5.92 Å². The van der Waals surface area contributed by atoms with Gasteiger partial charge in [0.25, 0.3) is 0 Å². The van der Waals surface area contributed by atoms with Crippen molar-refractivity contribution >= 4 is 52.7 Å². The number of hydrogen-bond acceptors (Lipinski definition) is 9. The van der Waals surface area contributed by atoms with Crippen LogP contribution < -0.4 is 21.7 Å². The first-order chi connectivity index (χ1) is 27.3. The molecule has 0 saturated carbocycles. The van der Waals surface area contributed by atoms with Crippen molar-refractivity contribution in [2.24, 2.45) is 11.7 Å². The first-order valence-corrected chi connectivity index (χ1v) is 22.7. The molecule has 12 nitrogen and oxygen atoms in total. The van der Waals surface area contributed by atoms with Crippen LogP contribution in [0.5, 0.6) is 5.75 Å². The number of hydrogen-bond donors (Lipinski definition) is 5. The maximum Gasteiger partial charge on any atom is 0.224 e. The van der Waals surface area contributed by atoms with Crippen molar-refractivity contribution in [2.75, 3.05) is 12.0 Å². The van der Waals surface area contributed by atoms with Crippen LogP contribution >= 0.6 is 11.8 Å². The highest BCUT2D eigenvalue weighted by Gasteiger charge is 2.30. The fourth-order valence-corrected chi connectivity index (χ4v) is 7.13. The third-order valence-corrected chi connectivity index (χ3v) is 10.9. The van der Waals surface area contributed by atoms with E-state index in [-0.39, 0.29) is 68.2 Å². The highest BCUT2D eigenvalue weighted by Crippen LogP contribution is 2.18. The largest absolute Gasteiger partial charge is 0.508 e. The van der Waals surface area contributed by atoms with Gasteiger partial charge in [-0.2, -0.15) is 11.8 Å². The highest BCUT2D eigenvalue weighted by atomic mass is 32.2. The number of amides is 4. The fourth-order valence-electron chi connectivity index (χ4n) is 6.66. The third-order valence-electron chi connectivity index (χ3n) is 10.3. The normalized spacial score (nSPS) is 13.2. The van der Waals surface area contributed by atoms with Crippen LogP contribution in [0.1, 0.15) is 161 Å². The van der Waals surface area contributed by atoms with E-state index < -0.39 is 47.5 Å². The lowest BCUT2D eigenvalue weighted by atomic mass is 9.90.